The highest BCUT2D eigenvalue weighted by Crippen LogP contribution is 2.27. The summed E-state index contributed by atoms with van der Waals surface area (Å²) >= 11 is 4.18. The van der Waals surface area contributed by atoms with Crippen LogP contribution >= 0.6 is 27.3 Å². The minimum absolute atomic E-state index is 0.00822. The number of nitrogens with two attached hydrogens (primary N) is 3. The molecule has 0 aliphatic heterocycles. The first-order valence-electron chi connectivity index (χ1n) is 8.56. The molecule has 1 aromatic heterocycles. The standard InChI is InChI=1S/C17H22BrN5O4S2/c18-10-3-1-4-11(9-10)29(26,27)23-13-6-8-28-16(13)15(25)14(24)12(19)5-2-7-22-17(20)21/h1,3-4,6,8-9,12,17,22-23H,2,5,7,19-21H2/t12-/m0/s1. The Morgan fingerprint density at radius 1 is 1.17 bits per heavy atom. The molecule has 12 heteroatoms. The number of carbonyl (C=O) groups excluding carboxylic acids is 2. The smallest absolute Gasteiger partial charge is 0.261 e. The molecule has 0 saturated heterocycles. The van der Waals surface area contributed by atoms with Crippen LogP contribution in [0.5, 0.6) is 0 Å². The quantitative estimate of drug-likeness (QED) is 0.130. The molecule has 29 heavy (non-hydrogen) atoms. The van der Waals surface area contributed by atoms with E-state index in [-0.39, 0.29) is 21.9 Å². The second kappa shape index (κ2) is 10.4. The maximum absolute atomic E-state index is 12.6. The summed E-state index contributed by atoms with van der Waals surface area (Å²) in [4.78, 5) is 25.0. The van der Waals surface area contributed by atoms with E-state index in [2.05, 4.69) is 26.0 Å². The zero-order valence-electron chi connectivity index (χ0n) is 15.3. The fraction of sp³-hybridized carbons (Fsp3) is 0.294. The molecule has 0 saturated carbocycles. The molecule has 0 spiro atoms. The molecular formula is C17H22BrN5O4S2. The SMILES string of the molecule is NC(N)NCCC[C@H](N)C(=O)C(=O)c1sccc1NS(=O)(=O)c1cccc(Br)c1. The molecule has 1 atom stereocenters. The van der Waals surface area contributed by atoms with Crippen molar-refractivity contribution in [3.05, 3.63) is 45.1 Å². The van der Waals surface area contributed by atoms with Crippen LogP contribution < -0.4 is 27.2 Å². The predicted octanol–water partition coefficient (Wildman–Crippen LogP) is 0.961. The number of carbonyl (C=O) groups is 2. The van der Waals surface area contributed by atoms with Crippen molar-refractivity contribution in [2.45, 2.75) is 30.1 Å². The Bertz CT molecular complexity index is 978. The largest absolute Gasteiger partial charge is 0.321 e. The third-order valence-corrected chi connectivity index (χ3v) is 6.62. The zero-order chi connectivity index (χ0) is 21.6. The van der Waals surface area contributed by atoms with E-state index in [1.165, 1.54) is 23.6 Å². The van der Waals surface area contributed by atoms with Crippen LogP contribution in [0.3, 0.4) is 0 Å². The molecule has 2 rings (SSSR count). The van der Waals surface area contributed by atoms with Crippen LogP contribution in [0.15, 0.2) is 45.1 Å². The van der Waals surface area contributed by atoms with Gasteiger partial charge in [-0.2, -0.15) is 0 Å². The maximum Gasteiger partial charge on any atom is 0.261 e. The van der Waals surface area contributed by atoms with E-state index in [0.717, 1.165) is 11.3 Å². The molecule has 9 nitrogen and oxygen atoms in total. The lowest BCUT2D eigenvalue weighted by molar-refractivity contribution is -0.116. The van der Waals surface area contributed by atoms with Gasteiger partial charge in [-0.25, -0.2) is 8.42 Å². The average Bonchev–Trinajstić information content (AvgIpc) is 3.11. The van der Waals surface area contributed by atoms with E-state index in [0.29, 0.717) is 17.4 Å². The van der Waals surface area contributed by atoms with Crippen LogP contribution in [0.1, 0.15) is 22.5 Å². The first kappa shape index (κ1) is 23.6. The number of nitrogens with one attached hydrogen (secondary N) is 2. The van der Waals surface area contributed by atoms with Crippen LogP contribution in [0.2, 0.25) is 0 Å². The van der Waals surface area contributed by atoms with Crippen molar-refractivity contribution in [1.82, 2.24) is 5.32 Å². The third kappa shape index (κ3) is 6.67. The van der Waals surface area contributed by atoms with Crippen molar-refractivity contribution < 1.29 is 18.0 Å². The molecule has 2 aromatic rings. The van der Waals surface area contributed by atoms with Gasteiger partial charge in [0.25, 0.3) is 10.0 Å². The van der Waals surface area contributed by atoms with Gasteiger partial charge in [0.15, 0.2) is 0 Å². The van der Waals surface area contributed by atoms with Gasteiger partial charge in [-0.05, 0) is 49.0 Å². The maximum atomic E-state index is 12.6. The number of thiophene rings is 1. The molecule has 1 aromatic carbocycles. The van der Waals surface area contributed by atoms with Gasteiger partial charge >= 0.3 is 0 Å². The molecule has 0 bridgehead atoms. The number of ketones is 2. The van der Waals surface area contributed by atoms with Gasteiger partial charge in [0, 0.05) is 4.47 Å². The van der Waals surface area contributed by atoms with Crippen LogP contribution in [0.4, 0.5) is 5.69 Å². The van der Waals surface area contributed by atoms with Crippen molar-refractivity contribution in [3.8, 4) is 0 Å². The van der Waals surface area contributed by atoms with Gasteiger partial charge < -0.3 is 17.2 Å². The van der Waals surface area contributed by atoms with Gasteiger partial charge in [-0.15, -0.1) is 11.3 Å². The Balaban J connectivity index is 2.08. The van der Waals surface area contributed by atoms with Crippen LogP contribution in [-0.2, 0) is 14.8 Å². The summed E-state index contributed by atoms with van der Waals surface area (Å²) in [7, 11) is -3.93. The number of hydrogen-bond donors (Lipinski definition) is 5. The first-order chi connectivity index (χ1) is 13.6. The Morgan fingerprint density at radius 3 is 2.55 bits per heavy atom. The summed E-state index contributed by atoms with van der Waals surface area (Å²) in [6, 6.07) is 6.54. The van der Waals surface area contributed by atoms with E-state index in [9.17, 15) is 18.0 Å². The molecule has 0 aliphatic carbocycles. The second-order valence-electron chi connectivity index (χ2n) is 6.15. The predicted molar refractivity (Wildman–Crippen MR) is 116 cm³/mol. The topological polar surface area (TPSA) is 170 Å². The molecule has 8 N–H and O–H groups in total. The van der Waals surface area contributed by atoms with Crippen molar-refractivity contribution in [2.75, 3.05) is 11.3 Å². The summed E-state index contributed by atoms with van der Waals surface area (Å²) in [6.07, 6.45) is 0.0858. The van der Waals surface area contributed by atoms with Crippen molar-refractivity contribution in [3.63, 3.8) is 0 Å². The highest BCUT2D eigenvalue weighted by atomic mass is 79.9. The Morgan fingerprint density at radius 2 is 1.90 bits per heavy atom. The summed E-state index contributed by atoms with van der Waals surface area (Å²) in [5, 5.41) is 4.30. The summed E-state index contributed by atoms with van der Waals surface area (Å²) in [5.41, 5.74) is 16.6. The van der Waals surface area contributed by atoms with E-state index < -0.39 is 33.9 Å². The molecule has 0 amide bonds. The lowest BCUT2D eigenvalue weighted by atomic mass is 10.0. The van der Waals surface area contributed by atoms with Gasteiger partial charge in [0.05, 0.1) is 16.6 Å². The minimum atomic E-state index is -3.93. The zero-order valence-corrected chi connectivity index (χ0v) is 18.5. The fourth-order valence-corrected chi connectivity index (χ4v) is 4.93. The lowest BCUT2D eigenvalue weighted by Crippen LogP contribution is -2.46. The third-order valence-electron chi connectivity index (χ3n) is 3.85. The Kier molecular flexibility index (Phi) is 8.46. The van der Waals surface area contributed by atoms with Crippen molar-refractivity contribution >= 4 is 54.5 Å². The normalized spacial score (nSPS) is 12.7. The number of anilines is 1. The number of Topliss-reactive ketones (excluding diaryl/α,β-unsaturated/α-hetero) is 2. The highest BCUT2D eigenvalue weighted by Gasteiger charge is 2.27. The van der Waals surface area contributed by atoms with Crippen molar-refractivity contribution in [1.29, 1.82) is 0 Å². The molecule has 1 heterocycles. The molecule has 0 radical (unpaired) electrons. The summed E-state index contributed by atoms with van der Waals surface area (Å²) in [6.45, 7) is 0.448. The number of halogens is 1. The lowest BCUT2D eigenvalue weighted by Gasteiger charge is -2.12. The average molecular weight is 504 g/mol. The van der Waals surface area contributed by atoms with E-state index >= 15 is 0 Å². The van der Waals surface area contributed by atoms with Crippen LogP contribution in [0.25, 0.3) is 0 Å². The van der Waals surface area contributed by atoms with Gasteiger partial charge in [-0.3, -0.25) is 19.6 Å². The van der Waals surface area contributed by atoms with Crippen molar-refractivity contribution in [2.24, 2.45) is 17.2 Å². The number of rotatable bonds is 11. The number of benzene rings is 1. The van der Waals surface area contributed by atoms with E-state index in [1.54, 1.807) is 12.1 Å². The van der Waals surface area contributed by atoms with E-state index in [4.69, 9.17) is 17.2 Å². The Labute approximate surface area is 181 Å². The second-order valence-corrected chi connectivity index (χ2v) is 9.66. The molecule has 158 valence electrons. The number of sulfonamides is 1. The first-order valence-corrected chi connectivity index (χ1v) is 11.7. The molecule has 0 unspecified atom stereocenters. The van der Waals surface area contributed by atoms with Gasteiger partial charge in [0.2, 0.25) is 11.6 Å². The number of hydrogen-bond acceptors (Lipinski definition) is 9. The van der Waals surface area contributed by atoms with Gasteiger partial charge in [0.1, 0.15) is 11.2 Å². The summed E-state index contributed by atoms with van der Waals surface area (Å²) in [5.74, 6) is -1.62. The fourth-order valence-electron chi connectivity index (χ4n) is 2.41. The monoisotopic (exact) mass is 503 g/mol. The molecule has 0 aliphatic rings. The molecular weight excluding hydrogens is 482 g/mol. The minimum Gasteiger partial charge on any atom is -0.321 e. The van der Waals surface area contributed by atoms with Crippen LogP contribution in [-0.4, -0.2) is 38.9 Å². The highest BCUT2D eigenvalue weighted by molar-refractivity contribution is 9.10. The summed E-state index contributed by atoms with van der Waals surface area (Å²) < 4.78 is 28.1. The molecule has 0 fully saturated rings. The van der Waals surface area contributed by atoms with Gasteiger partial charge in [-0.1, -0.05) is 22.0 Å². The van der Waals surface area contributed by atoms with E-state index in [1.807, 2.05) is 0 Å². The Hall–Kier alpha value is -1.67. The van der Waals surface area contributed by atoms with Crippen LogP contribution in [0, 0.1) is 0 Å².